The highest BCUT2D eigenvalue weighted by Gasteiger charge is 2.27. The van der Waals surface area contributed by atoms with Gasteiger partial charge in [0.05, 0.1) is 0 Å². The summed E-state index contributed by atoms with van der Waals surface area (Å²) >= 11 is 0. The Morgan fingerprint density at radius 2 is 2.06 bits per heavy atom. The van der Waals surface area contributed by atoms with E-state index in [0.29, 0.717) is 6.04 Å². The van der Waals surface area contributed by atoms with Gasteiger partial charge >= 0.3 is 0 Å². The Bertz CT molecular complexity index is 402. The number of benzene rings is 1. The van der Waals surface area contributed by atoms with Crippen LogP contribution in [0.15, 0.2) is 24.3 Å². The molecule has 1 saturated heterocycles. The summed E-state index contributed by atoms with van der Waals surface area (Å²) in [6.07, 6.45) is 1.03. The quantitative estimate of drug-likeness (QED) is 0.784. The van der Waals surface area contributed by atoms with Crippen molar-refractivity contribution in [3.63, 3.8) is 0 Å². The van der Waals surface area contributed by atoms with Gasteiger partial charge in [-0.05, 0) is 30.7 Å². The fraction of sp³-hybridized carbons (Fsp3) is 0.462. The molecule has 17 heavy (non-hydrogen) atoms. The van der Waals surface area contributed by atoms with Crippen LogP contribution in [0.5, 0.6) is 0 Å². The predicted molar refractivity (Wildman–Crippen MR) is 69.9 cm³/mol. The topological polar surface area (TPSA) is 49.6 Å². The van der Waals surface area contributed by atoms with E-state index in [1.165, 1.54) is 0 Å². The van der Waals surface area contributed by atoms with E-state index in [-0.39, 0.29) is 5.91 Å². The number of anilines is 2. The van der Waals surface area contributed by atoms with Crippen LogP contribution in [0.3, 0.4) is 0 Å². The molecule has 1 aliphatic heterocycles. The molecule has 0 bridgehead atoms. The summed E-state index contributed by atoms with van der Waals surface area (Å²) in [5.74, 6) is 0.165. The Morgan fingerprint density at radius 1 is 1.41 bits per heavy atom. The maximum Gasteiger partial charge on any atom is 0.219 e. The van der Waals surface area contributed by atoms with Crippen molar-refractivity contribution in [2.24, 2.45) is 0 Å². The molecule has 0 radical (unpaired) electrons. The van der Waals surface area contributed by atoms with Crippen molar-refractivity contribution in [3.8, 4) is 0 Å². The van der Waals surface area contributed by atoms with Crippen LogP contribution < -0.4 is 10.6 Å². The highest BCUT2D eigenvalue weighted by atomic mass is 16.2. The lowest BCUT2D eigenvalue weighted by Crippen LogP contribution is -2.35. The van der Waals surface area contributed by atoms with Crippen LogP contribution in [0, 0.1) is 0 Å². The fourth-order valence-electron chi connectivity index (χ4n) is 2.26. The fourth-order valence-corrected chi connectivity index (χ4v) is 2.26. The van der Waals surface area contributed by atoms with Gasteiger partial charge < -0.3 is 15.5 Å². The number of likely N-dealkylation sites (N-methyl/N-ethyl adjacent to an activating group) is 1. The molecule has 1 atom stereocenters. The number of carbonyl (C=O) groups excluding carboxylic acids is 1. The van der Waals surface area contributed by atoms with Gasteiger partial charge in [0.1, 0.15) is 0 Å². The van der Waals surface area contributed by atoms with Crippen LogP contribution in [0.1, 0.15) is 13.3 Å². The second-order valence-electron chi connectivity index (χ2n) is 4.61. The summed E-state index contributed by atoms with van der Waals surface area (Å²) in [6, 6.07) is 8.26. The minimum absolute atomic E-state index is 0.165. The second-order valence-corrected chi connectivity index (χ2v) is 4.61. The van der Waals surface area contributed by atoms with E-state index < -0.39 is 0 Å². The molecule has 2 N–H and O–H groups in total. The van der Waals surface area contributed by atoms with Crippen molar-refractivity contribution >= 4 is 17.3 Å². The second kappa shape index (κ2) is 4.65. The van der Waals surface area contributed by atoms with E-state index in [9.17, 15) is 4.79 Å². The van der Waals surface area contributed by atoms with E-state index in [4.69, 9.17) is 5.73 Å². The molecule has 4 heteroatoms. The van der Waals surface area contributed by atoms with E-state index >= 15 is 0 Å². The number of nitrogens with two attached hydrogens (primary N) is 1. The van der Waals surface area contributed by atoms with Gasteiger partial charge in [0, 0.05) is 44.5 Å². The molecule has 1 aromatic carbocycles. The zero-order valence-electron chi connectivity index (χ0n) is 10.4. The van der Waals surface area contributed by atoms with Gasteiger partial charge in [0.25, 0.3) is 0 Å². The number of amides is 1. The summed E-state index contributed by atoms with van der Waals surface area (Å²) in [5.41, 5.74) is 7.60. The summed E-state index contributed by atoms with van der Waals surface area (Å²) in [7, 11) is 2.07. The van der Waals surface area contributed by atoms with Crippen LogP contribution in [0.4, 0.5) is 11.4 Å². The zero-order valence-corrected chi connectivity index (χ0v) is 10.4. The standard InChI is InChI=1S/C13H19N3O/c1-10(17)16-8-7-13(9-16)15(2)12-5-3-11(14)4-6-12/h3-6,13H,7-9,14H2,1-2H3/t13-/m1/s1. The van der Waals surface area contributed by atoms with Gasteiger partial charge in [-0.2, -0.15) is 0 Å². The number of likely N-dealkylation sites (tertiary alicyclic amines) is 1. The van der Waals surface area contributed by atoms with E-state index in [1.54, 1.807) is 6.92 Å². The number of hydrogen-bond donors (Lipinski definition) is 1. The van der Waals surface area contributed by atoms with Crippen molar-refractivity contribution in [1.82, 2.24) is 4.90 Å². The first-order valence-electron chi connectivity index (χ1n) is 5.92. The van der Waals surface area contributed by atoms with E-state index in [1.807, 2.05) is 29.2 Å². The zero-order chi connectivity index (χ0) is 12.4. The summed E-state index contributed by atoms with van der Waals surface area (Å²) < 4.78 is 0. The predicted octanol–water partition coefficient (Wildman–Crippen LogP) is 1.33. The Balaban J connectivity index is 2.04. The number of hydrogen-bond acceptors (Lipinski definition) is 3. The summed E-state index contributed by atoms with van der Waals surface area (Å²) in [4.78, 5) is 15.4. The van der Waals surface area contributed by atoms with Crippen LogP contribution in [-0.4, -0.2) is 37.0 Å². The van der Waals surface area contributed by atoms with E-state index in [2.05, 4.69) is 11.9 Å². The van der Waals surface area contributed by atoms with Crippen molar-refractivity contribution in [2.75, 3.05) is 30.8 Å². The highest BCUT2D eigenvalue weighted by molar-refractivity contribution is 5.73. The molecule has 1 heterocycles. The van der Waals surface area contributed by atoms with Gasteiger partial charge in [-0.3, -0.25) is 4.79 Å². The molecule has 0 unspecified atom stereocenters. The first-order chi connectivity index (χ1) is 8.08. The molecule has 1 amide bonds. The maximum absolute atomic E-state index is 11.3. The lowest BCUT2D eigenvalue weighted by Gasteiger charge is -2.26. The molecule has 1 aliphatic rings. The van der Waals surface area contributed by atoms with Gasteiger partial charge in [0.15, 0.2) is 0 Å². The number of rotatable bonds is 2. The molecule has 0 aromatic heterocycles. The Labute approximate surface area is 102 Å². The van der Waals surface area contributed by atoms with Gasteiger partial charge in [-0.15, -0.1) is 0 Å². The van der Waals surface area contributed by atoms with Crippen LogP contribution in [-0.2, 0) is 4.79 Å². The van der Waals surface area contributed by atoms with Crippen LogP contribution in [0.2, 0.25) is 0 Å². The Hall–Kier alpha value is -1.71. The molecule has 0 spiro atoms. The van der Waals surface area contributed by atoms with Gasteiger partial charge in [-0.25, -0.2) is 0 Å². The van der Waals surface area contributed by atoms with Crippen LogP contribution in [0.25, 0.3) is 0 Å². The van der Waals surface area contributed by atoms with Crippen molar-refractivity contribution in [2.45, 2.75) is 19.4 Å². The Morgan fingerprint density at radius 3 is 2.59 bits per heavy atom. The smallest absolute Gasteiger partial charge is 0.219 e. The molecule has 1 fully saturated rings. The SMILES string of the molecule is CC(=O)N1CC[C@@H](N(C)c2ccc(N)cc2)C1. The minimum Gasteiger partial charge on any atom is -0.399 e. The molecule has 0 saturated carbocycles. The third-order valence-corrected chi connectivity index (χ3v) is 3.46. The molecular weight excluding hydrogens is 214 g/mol. The normalized spacial score (nSPS) is 19.4. The first kappa shape index (κ1) is 11.8. The van der Waals surface area contributed by atoms with Gasteiger partial charge in [-0.1, -0.05) is 0 Å². The average molecular weight is 233 g/mol. The summed E-state index contributed by atoms with van der Waals surface area (Å²) in [5, 5.41) is 0. The number of carbonyl (C=O) groups is 1. The lowest BCUT2D eigenvalue weighted by atomic mass is 10.2. The molecular formula is C13H19N3O. The molecule has 0 aliphatic carbocycles. The molecule has 1 aromatic rings. The first-order valence-corrected chi connectivity index (χ1v) is 5.92. The molecule has 4 nitrogen and oxygen atoms in total. The van der Waals surface area contributed by atoms with Crippen molar-refractivity contribution < 1.29 is 4.79 Å². The minimum atomic E-state index is 0.165. The molecule has 92 valence electrons. The molecule has 2 rings (SSSR count). The lowest BCUT2D eigenvalue weighted by molar-refractivity contribution is -0.127. The number of nitrogens with zero attached hydrogens (tertiary/aromatic N) is 2. The Kier molecular flexibility index (Phi) is 3.22. The third kappa shape index (κ3) is 2.52. The van der Waals surface area contributed by atoms with Crippen LogP contribution >= 0.6 is 0 Å². The van der Waals surface area contributed by atoms with Crippen molar-refractivity contribution in [3.05, 3.63) is 24.3 Å². The maximum atomic E-state index is 11.3. The monoisotopic (exact) mass is 233 g/mol. The largest absolute Gasteiger partial charge is 0.399 e. The van der Waals surface area contributed by atoms with Gasteiger partial charge in [0.2, 0.25) is 5.91 Å². The number of nitrogen functional groups attached to an aromatic ring is 1. The van der Waals surface area contributed by atoms with Crippen molar-refractivity contribution in [1.29, 1.82) is 0 Å². The summed E-state index contributed by atoms with van der Waals surface area (Å²) in [6.45, 7) is 3.31. The average Bonchev–Trinajstić information content (AvgIpc) is 2.78. The highest BCUT2D eigenvalue weighted by Crippen LogP contribution is 2.22. The van der Waals surface area contributed by atoms with E-state index in [0.717, 1.165) is 30.9 Å². The third-order valence-electron chi connectivity index (χ3n) is 3.46.